The lowest BCUT2D eigenvalue weighted by Gasteiger charge is -2.24. The van der Waals surface area contributed by atoms with Crippen LogP contribution in [0.3, 0.4) is 0 Å². The van der Waals surface area contributed by atoms with Crippen molar-refractivity contribution in [2.45, 2.75) is 31.8 Å². The maximum atomic E-state index is 12.1. The fraction of sp³-hybridized carbons (Fsp3) is 0.529. The SMILES string of the molecule is CN(CCC1CCCCO1)CC(=O)Nc1nc2ccccc2[nH]1. The summed E-state index contributed by atoms with van der Waals surface area (Å²) in [4.78, 5) is 21.6. The van der Waals surface area contributed by atoms with Gasteiger partial charge in [-0.1, -0.05) is 12.1 Å². The van der Waals surface area contributed by atoms with Crippen molar-refractivity contribution in [1.29, 1.82) is 0 Å². The number of likely N-dealkylation sites (N-methyl/N-ethyl adjacent to an activating group) is 1. The molecule has 2 N–H and O–H groups in total. The van der Waals surface area contributed by atoms with Gasteiger partial charge in [-0.15, -0.1) is 0 Å². The normalized spacial score (nSPS) is 18.4. The van der Waals surface area contributed by atoms with Gasteiger partial charge in [0.1, 0.15) is 0 Å². The van der Waals surface area contributed by atoms with Crippen LogP contribution in [0.1, 0.15) is 25.7 Å². The Balaban J connectivity index is 1.44. The van der Waals surface area contributed by atoms with E-state index in [9.17, 15) is 4.79 Å². The van der Waals surface area contributed by atoms with Gasteiger partial charge in [0.2, 0.25) is 11.9 Å². The van der Waals surface area contributed by atoms with Gasteiger partial charge in [-0.2, -0.15) is 0 Å². The number of nitrogens with zero attached hydrogens (tertiary/aromatic N) is 2. The van der Waals surface area contributed by atoms with Crippen LogP contribution in [0.5, 0.6) is 0 Å². The smallest absolute Gasteiger partial charge is 0.240 e. The maximum absolute atomic E-state index is 12.1. The zero-order valence-corrected chi connectivity index (χ0v) is 13.5. The van der Waals surface area contributed by atoms with Gasteiger partial charge in [-0.3, -0.25) is 15.0 Å². The summed E-state index contributed by atoms with van der Waals surface area (Å²) in [6.45, 7) is 2.09. The molecule has 1 aromatic heterocycles. The topological polar surface area (TPSA) is 70.2 Å². The van der Waals surface area contributed by atoms with Gasteiger partial charge in [0.15, 0.2) is 0 Å². The number of aromatic amines is 1. The second-order valence-electron chi connectivity index (χ2n) is 6.17. The van der Waals surface area contributed by atoms with Gasteiger partial charge < -0.3 is 9.72 Å². The minimum Gasteiger partial charge on any atom is -0.378 e. The van der Waals surface area contributed by atoms with Crippen molar-refractivity contribution in [3.63, 3.8) is 0 Å². The summed E-state index contributed by atoms with van der Waals surface area (Å²) >= 11 is 0. The lowest BCUT2D eigenvalue weighted by molar-refractivity contribution is -0.117. The summed E-state index contributed by atoms with van der Waals surface area (Å²) in [5.41, 5.74) is 1.77. The zero-order valence-electron chi connectivity index (χ0n) is 13.5. The highest BCUT2D eigenvalue weighted by Gasteiger charge is 2.15. The number of para-hydroxylation sites is 2. The Morgan fingerprint density at radius 1 is 1.43 bits per heavy atom. The van der Waals surface area contributed by atoms with E-state index in [-0.39, 0.29) is 5.91 Å². The molecular formula is C17H24N4O2. The molecule has 1 amide bonds. The Morgan fingerprint density at radius 2 is 2.30 bits per heavy atom. The van der Waals surface area contributed by atoms with Crippen LogP contribution in [-0.2, 0) is 9.53 Å². The van der Waals surface area contributed by atoms with Gasteiger partial charge in [-0.25, -0.2) is 4.98 Å². The number of carbonyl (C=O) groups is 1. The second kappa shape index (κ2) is 7.57. The van der Waals surface area contributed by atoms with E-state index in [1.807, 2.05) is 36.2 Å². The van der Waals surface area contributed by atoms with Crippen molar-refractivity contribution in [2.75, 3.05) is 32.1 Å². The highest BCUT2D eigenvalue weighted by molar-refractivity contribution is 5.92. The second-order valence-corrected chi connectivity index (χ2v) is 6.17. The number of nitrogens with one attached hydrogen (secondary N) is 2. The van der Waals surface area contributed by atoms with E-state index < -0.39 is 0 Å². The number of imidazole rings is 1. The summed E-state index contributed by atoms with van der Waals surface area (Å²) in [5, 5.41) is 2.82. The van der Waals surface area contributed by atoms with E-state index in [1.54, 1.807) is 0 Å². The van der Waals surface area contributed by atoms with Crippen LogP contribution >= 0.6 is 0 Å². The van der Waals surface area contributed by atoms with Gasteiger partial charge in [-0.05, 0) is 44.9 Å². The lowest BCUT2D eigenvalue weighted by Crippen LogP contribution is -2.33. The summed E-state index contributed by atoms with van der Waals surface area (Å²) < 4.78 is 5.72. The Hall–Kier alpha value is -1.92. The maximum Gasteiger partial charge on any atom is 0.240 e. The zero-order chi connectivity index (χ0) is 16.1. The number of benzene rings is 1. The molecule has 23 heavy (non-hydrogen) atoms. The number of fused-ring (bicyclic) bond motifs is 1. The van der Waals surface area contributed by atoms with E-state index in [0.29, 0.717) is 18.6 Å². The van der Waals surface area contributed by atoms with Crippen LogP contribution in [0.4, 0.5) is 5.95 Å². The molecule has 2 aromatic rings. The molecule has 124 valence electrons. The van der Waals surface area contributed by atoms with Crippen molar-refractivity contribution < 1.29 is 9.53 Å². The van der Waals surface area contributed by atoms with Crippen LogP contribution < -0.4 is 5.32 Å². The Kier molecular flexibility index (Phi) is 5.25. The molecule has 1 saturated heterocycles. The molecule has 1 unspecified atom stereocenters. The lowest BCUT2D eigenvalue weighted by atomic mass is 10.1. The van der Waals surface area contributed by atoms with Crippen molar-refractivity contribution in [3.8, 4) is 0 Å². The molecule has 1 fully saturated rings. The fourth-order valence-electron chi connectivity index (χ4n) is 2.91. The van der Waals surface area contributed by atoms with E-state index in [2.05, 4.69) is 15.3 Å². The molecule has 0 saturated carbocycles. The van der Waals surface area contributed by atoms with Gasteiger partial charge >= 0.3 is 0 Å². The molecular weight excluding hydrogens is 292 g/mol. The Morgan fingerprint density at radius 3 is 3.09 bits per heavy atom. The number of hydrogen-bond donors (Lipinski definition) is 2. The summed E-state index contributed by atoms with van der Waals surface area (Å²) in [7, 11) is 1.96. The number of aromatic nitrogens is 2. The van der Waals surface area contributed by atoms with Crippen LogP contribution in [-0.4, -0.2) is 53.6 Å². The third-order valence-corrected chi connectivity index (χ3v) is 4.17. The van der Waals surface area contributed by atoms with Crippen LogP contribution in [0.15, 0.2) is 24.3 Å². The standard InChI is InChI=1S/C17H24N4O2/c1-21(10-9-13-6-4-5-11-23-13)12-16(22)20-17-18-14-7-2-3-8-15(14)19-17/h2-3,7-8,13H,4-6,9-12H2,1H3,(H2,18,19,20,22). The molecule has 6 heteroatoms. The molecule has 1 atom stereocenters. The number of anilines is 1. The first-order valence-corrected chi connectivity index (χ1v) is 8.25. The number of rotatable bonds is 6. The number of ether oxygens (including phenoxy) is 1. The van der Waals surface area contributed by atoms with Crippen molar-refractivity contribution in [1.82, 2.24) is 14.9 Å². The fourth-order valence-corrected chi connectivity index (χ4v) is 2.91. The first-order valence-electron chi connectivity index (χ1n) is 8.25. The third-order valence-electron chi connectivity index (χ3n) is 4.17. The van der Waals surface area contributed by atoms with Gasteiger partial charge in [0.05, 0.1) is 23.7 Å². The van der Waals surface area contributed by atoms with Gasteiger partial charge in [0.25, 0.3) is 0 Å². The van der Waals surface area contributed by atoms with E-state index in [0.717, 1.165) is 37.0 Å². The van der Waals surface area contributed by atoms with Crippen molar-refractivity contribution in [3.05, 3.63) is 24.3 Å². The predicted octanol–water partition coefficient (Wildman–Crippen LogP) is 2.39. The van der Waals surface area contributed by atoms with Gasteiger partial charge in [0, 0.05) is 13.2 Å². The van der Waals surface area contributed by atoms with Crippen LogP contribution in [0, 0.1) is 0 Å². The van der Waals surface area contributed by atoms with E-state index in [4.69, 9.17) is 4.74 Å². The van der Waals surface area contributed by atoms with E-state index >= 15 is 0 Å². The third kappa shape index (κ3) is 4.53. The molecule has 0 aliphatic carbocycles. The molecule has 3 rings (SSSR count). The first kappa shape index (κ1) is 16.0. The first-order chi connectivity index (χ1) is 11.2. The molecule has 1 aliphatic heterocycles. The highest BCUT2D eigenvalue weighted by Crippen LogP contribution is 2.16. The van der Waals surface area contributed by atoms with Crippen LogP contribution in [0.2, 0.25) is 0 Å². The molecule has 1 aliphatic rings. The van der Waals surface area contributed by atoms with Crippen molar-refractivity contribution >= 4 is 22.9 Å². The predicted molar refractivity (Wildman–Crippen MR) is 90.4 cm³/mol. The molecule has 0 radical (unpaired) electrons. The average Bonchev–Trinajstić information content (AvgIpc) is 2.96. The number of H-pyrrole nitrogens is 1. The molecule has 1 aromatic carbocycles. The van der Waals surface area contributed by atoms with Crippen molar-refractivity contribution in [2.24, 2.45) is 0 Å². The molecule has 0 bridgehead atoms. The Labute approximate surface area is 136 Å². The number of amides is 1. The minimum atomic E-state index is -0.0591. The summed E-state index contributed by atoms with van der Waals surface area (Å²) in [6, 6.07) is 7.72. The number of carbonyl (C=O) groups excluding carboxylic acids is 1. The molecule has 2 heterocycles. The minimum absolute atomic E-state index is 0.0591. The summed E-state index contributed by atoms with van der Waals surface area (Å²) in [5.74, 6) is 0.441. The number of hydrogen-bond acceptors (Lipinski definition) is 4. The summed E-state index contributed by atoms with van der Waals surface area (Å²) in [6.07, 6.45) is 4.89. The van der Waals surface area contributed by atoms with Crippen LogP contribution in [0.25, 0.3) is 11.0 Å². The largest absolute Gasteiger partial charge is 0.378 e. The quantitative estimate of drug-likeness (QED) is 0.858. The molecule has 6 nitrogen and oxygen atoms in total. The molecule has 0 spiro atoms. The monoisotopic (exact) mass is 316 g/mol. The highest BCUT2D eigenvalue weighted by atomic mass is 16.5. The average molecular weight is 316 g/mol. The van der Waals surface area contributed by atoms with E-state index in [1.165, 1.54) is 12.8 Å². The Bertz CT molecular complexity index is 616.